The molecule has 0 aromatic heterocycles. The van der Waals surface area contributed by atoms with Crippen LogP contribution >= 0.6 is 22.6 Å². The maximum Gasteiger partial charge on any atom is 0.315 e. The Hall–Kier alpha value is 0. The number of amides is 2. The van der Waals surface area contributed by atoms with E-state index in [1.165, 1.54) is 0 Å². The van der Waals surface area contributed by atoms with Crippen LogP contribution in [-0.4, -0.2) is 16.6 Å². The summed E-state index contributed by atoms with van der Waals surface area (Å²) < 4.78 is -0.169. The zero-order chi connectivity index (χ0) is 7.49. The van der Waals surface area contributed by atoms with Crippen LogP contribution in [0.4, 0.5) is 4.79 Å². The van der Waals surface area contributed by atoms with Gasteiger partial charge in [0.2, 0.25) is 0 Å². The van der Waals surface area contributed by atoms with Crippen molar-refractivity contribution < 1.29 is 4.79 Å². The Morgan fingerprint density at radius 3 is 2.11 bits per heavy atom. The molecule has 0 aromatic carbocycles. The third-order valence-electron chi connectivity index (χ3n) is 0.638. The molecule has 0 rings (SSSR count). The van der Waals surface area contributed by atoms with Crippen molar-refractivity contribution in [3.8, 4) is 0 Å². The van der Waals surface area contributed by atoms with Crippen molar-refractivity contribution in [1.82, 2.24) is 10.6 Å². The predicted molar refractivity (Wildman–Crippen MR) is 45.7 cm³/mol. The molecule has 3 nitrogen and oxygen atoms in total. The smallest absolute Gasteiger partial charge is 0.315 e. The maximum absolute atomic E-state index is 10.6. The predicted octanol–water partition coefficient (Wildman–Crippen LogP) is 1.09. The summed E-state index contributed by atoms with van der Waals surface area (Å²) >= 11 is 2.14. The Bertz CT molecular complexity index is 108. The van der Waals surface area contributed by atoms with Gasteiger partial charge in [0.05, 0.1) is 3.55 Å². The van der Waals surface area contributed by atoms with Gasteiger partial charge in [-0.2, -0.15) is 0 Å². The number of carbonyl (C=O) groups is 1. The summed E-state index contributed by atoms with van der Waals surface area (Å²) in [5.41, 5.74) is 0. The van der Waals surface area contributed by atoms with Crippen molar-refractivity contribution in [3.05, 3.63) is 0 Å². The number of hydrogen-bond acceptors (Lipinski definition) is 1. The lowest BCUT2D eigenvalue weighted by Crippen LogP contribution is -2.43. The van der Waals surface area contributed by atoms with Crippen LogP contribution in [0.15, 0.2) is 0 Å². The third kappa shape index (κ3) is 5.88. The highest BCUT2D eigenvalue weighted by atomic mass is 127. The van der Waals surface area contributed by atoms with Crippen LogP contribution in [0, 0.1) is 0 Å². The van der Waals surface area contributed by atoms with Crippen LogP contribution in [0.25, 0.3) is 0 Å². The molecule has 0 bridgehead atoms. The lowest BCUT2D eigenvalue weighted by molar-refractivity contribution is 0.240. The van der Waals surface area contributed by atoms with E-state index in [0.29, 0.717) is 0 Å². The fourth-order valence-electron chi connectivity index (χ4n) is 0.332. The van der Waals surface area contributed by atoms with Gasteiger partial charge in [-0.1, -0.05) is 22.6 Å². The Morgan fingerprint density at radius 2 is 2.00 bits per heavy atom. The average molecular weight is 242 g/mol. The van der Waals surface area contributed by atoms with Gasteiger partial charge in [0.25, 0.3) is 0 Å². The van der Waals surface area contributed by atoms with Crippen molar-refractivity contribution in [3.63, 3.8) is 0 Å². The Labute approximate surface area is 68.7 Å². The molecule has 9 heavy (non-hydrogen) atoms. The summed E-state index contributed by atoms with van der Waals surface area (Å²) in [5.74, 6) is 0. The number of nitrogens with one attached hydrogen (secondary N) is 2. The van der Waals surface area contributed by atoms with Crippen LogP contribution in [0.1, 0.15) is 13.8 Å². The molecule has 0 heterocycles. The van der Waals surface area contributed by atoms with E-state index in [0.717, 1.165) is 0 Å². The molecule has 0 aliphatic heterocycles. The quantitative estimate of drug-likeness (QED) is 0.403. The van der Waals surface area contributed by atoms with Gasteiger partial charge in [0.1, 0.15) is 0 Å². The number of rotatable bonds is 1. The monoisotopic (exact) mass is 242 g/mol. The summed E-state index contributed by atoms with van der Waals surface area (Å²) in [4.78, 5) is 10.6. The molecule has 0 aliphatic carbocycles. The minimum Gasteiger partial charge on any atom is -0.341 e. The minimum absolute atomic E-state index is 0.144. The Morgan fingerprint density at radius 1 is 1.56 bits per heavy atom. The van der Waals surface area contributed by atoms with Gasteiger partial charge < -0.3 is 10.6 Å². The van der Waals surface area contributed by atoms with E-state index < -0.39 is 0 Å². The first-order valence-corrected chi connectivity index (χ1v) is 3.72. The van der Waals surface area contributed by atoms with Crippen molar-refractivity contribution in [1.29, 1.82) is 0 Å². The van der Waals surface area contributed by atoms with Crippen LogP contribution in [-0.2, 0) is 0 Å². The molecular weight excluding hydrogens is 231 g/mol. The van der Waals surface area contributed by atoms with Gasteiger partial charge in [-0.3, -0.25) is 0 Å². The zero-order valence-corrected chi connectivity index (χ0v) is 7.94. The summed E-state index contributed by atoms with van der Waals surface area (Å²) in [7, 11) is 1.59. The van der Waals surface area contributed by atoms with E-state index in [1.807, 2.05) is 13.8 Å². The molecule has 0 fully saturated rings. The summed E-state index contributed by atoms with van der Waals surface area (Å²) in [6.07, 6.45) is 0. The number of alkyl halides is 1. The largest absolute Gasteiger partial charge is 0.341 e. The molecular formula is C5H11IN2O. The fourth-order valence-corrected chi connectivity index (χ4v) is 0.577. The highest BCUT2D eigenvalue weighted by Crippen LogP contribution is 2.10. The van der Waals surface area contributed by atoms with E-state index in [-0.39, 0.29) is 9.58 Å². The van der Waals surface area contributed by atoms with Crippen LogP contribution in [0.3, 0.4) is 0 Å². The lowest BCUT2D eigenvalue weighted by atomic mass is 10.4. The first kappa shape index (κ1) is 9.00. The second-order valence-electron chi connectivity index (χ2n) is 2.18. The second kappa shape index (κ2) is 3.24. The van der Waals surface area contributed by atoms with Gasteiger partial charge in [-0.25, -0.2) is 4.79 Å². The minimum atomic E-state index is -0.169. The molecule has 0 saturated heterocycles. The maximum atomic E-state index is 10.6. The first-order chi connectivity index (χ1) is 3.95. The molecule has 2 amide bonds. The first-order valence-electron chi connectivity index (χ1n) is 2.64. The van der Waals surface area contributed by atoms with E-state index in [9.17, 15) is 4.79 Å². The highest BCUT2D eigenvalue weighted by Gasteiger charge is 2.13. The zero-order valence-electron chi connectivity index (χ0n) is 5.79. The number of hydrogen-bond donors (Lipinski definition) is 2. The van der Waals surface area contributed by atoms with Crippen LogP contribution in [0.2, 0.25) is 0 Å². The van der Waals surface area contributed by atoms with Crippen molar-refractivity contribution in [2.45, 2.75) is 17.4 Å². The van der Waals surface area contributed by atoms with E-state index in [1.54, 1.807) is 7.05 Å². The molecule has 0 radical (unpaired) electrons. The SMILES string of the molecule is CNC(=O)NC(C)(C)I. The van der Waals surface area contributed by atoms with Gasteiger partial charge in [-0.05, 0) is 13.8 Å². The van der Waals surface area contributed by atoms with E-state index >= 15 is 0 Å². The molecule has 0 atom stereocenters. The Balaban J connectivity index is 3.60. The topological polar surface area (TPSA) is 41.1 Å². The van der Waals surface area contributed by atoms with Crippen LogP contribution < -0.4 is 10.6 Å². The summed E-state index contributed by atoms with van der Waals surface area (Å²) in [5, 5.41) is 5.17. The van der Waals surface area contributed by atoms with Crippen molar-refractivity contribution >= 4 is 28.6 Å². The van der Waals surface area contributed by atoms with Gasteiger partial charge >= 0.3 is 6.03 Å². The fraction of sp³-hybridized carbons (Fsp3) is 0.800. The van der Waals surface area contributed by atoms with Gasteiger partial charge in [-0.15, -0.1) is 0 Å². The Kier molecular flexibility index (Phi) is 3.24. The molecule has 4 heteroatoms. The molecule has 0 aliphatic rings. The van der Waals surface area contributed by atoms with Crippen LogP contribution in [0.5, 0.6) is 0 Å². The summed E-state index contributed by atoms with van der Waals surface area (Å²) in [6, 6.07) is -0.144. The molecule has 2 N–H and O–H groups in total. The molecule has 54 valence electrons. The van der Waals surface area contributed by atoms with E-state index in [2.05, 4.69) is 33.2 Å². The number of urea groups is 1. The molecule has 0 aromatic rings. The molecule has 0 saturated carbocycles. The number of halogens is 1. The third-order valence-corrected chi connectivity index (χ3v) is 0.908. The normalized spacial score (nSPS) is 10.7. The lowest BCUT2D eigenvalue weighted by Gasteiger charge is -2.17. The highest BCUT2D eigenvalue weighted by molar-refractivity contribution is 14.1. The molecule has 0 spiro atoms. The average Bonchev–Trinajstić information content (AvgIpc) is 1.62. The summed E-state index contributed by atoms with van der Waals surface area (Å²) in [6.45, 7) is 3.84. The van der Waals surface area contributed by atoms with Crippen molar-refractivity contribution in [2.75, 3.05) is 7.05 Å². The van der Waals surface area contributed by atoms with Gasteiger partial charge in [0.15, 0.2) is 0 Å². The second-order valence-corrected chi connectivity index (χ2v) is 4.87. The van der Waals surface area contributed by atoms with Gasteiger partial charge in [0, 0.05) is 7.05 Å². The van der Waals surface area contributed by atoms with Crippen molar-refractivity contribution in [2.24, 2.45) is 0 Å². The van der Waals surface area contributed by atoms with E-state index in [4.69, 9.17) is 0 Å². The number of carbonyl (C=O) groups excluding carboxylic acids is 1. The standard InChI is InChI=1S/C5H11IN2O/c1-5(2,6)8-4(9)7-3/h1-3H3,(H2,7,8,9). The molecule has 0 unspecified atom stereocenters.